The summed E-state index contributed by atoms with van der Waals surface area (Å²) in [6.45, 7) is 0. The molecule has 14 heavy (non-hydrogen) atoms. The second-order valence-electron chi connectivity index (χ2n) is 3.13. The van der Waals surface area contributed by atoms with Crippen molar-refractivity contribution < 1.29 is 4.74 Å². The lowest BCUT2D eigenvalue weighted by atomic mass is 10.2. The molecule has 4 heteroatoms. The quantitative estimate of drug-likeness (QED) is 0.784. The van der Waals surface area contributed by atoms with E-state index in [-0.39, 0.29) is 0 Å². The van der Waals surface area contributed by atoms with Crippen LogP contribution in [0.25, 0.3) is 10.9 Å². The van der Waals surface area contributed by atoms with Crippen molar-refractivity contribution in [2.45, 2.75) is 0 Å². The molecular weight excluding hydrogens is 178 g/mol. The minimum Gasteiger partial charge on any atom is -0.494 e. The third kappa shape index (κ3) is 1.19. The molecule has 0 bridgehead atoms. The molecule has 74 valence electrons. The van der Waals surface area contributed by atoms with Gasteiger partial charge in [-0.15, -0.1) is 0 Å². The summed E-state index contributed by atoms with van der Waals surface area (Å²) in [7, 11) is 5.46. The number of fused-ring (bicyclic) bond motifs is 1. The number of aryl methyl sites for hydroxylation is 1. The molecule has 0 saturated heterocycles. The zero-order valence-electron chi connectivity index (χ0n) is 8.53. The van der Waals surface area contributed by atoms with Gasteiger partial charge in [0, 0.05) is 31.2 Å². The number of rotatable bonds is 2. The van der Waals surface area contributed by atoms with Gasteiger partial charge in [0.15, 0.2) is 0 Å². The SMILES string of the molecule is CNc1cc(OC)c2c(cnn2C)c1. The van der Waals surface area contributed by atoms with Gasteiger partial charge in [-0.3, -0.25) is 4.68 Å². The summed E-state index contributed by atoms with van der Waals surface area (Å²) in [4.78, 5) is 0. The van der Waals surface area contributed by atoms with E-state index in [9.17, 15) is 0 Å². The highest BCUT2D eigenvalue weighted by Gasteiger charge is 2.07. The van der Waals surface area contributed by atoms with Crippen LogP contribution in [-0.4, -0.2) is 23.9 Å². The third-order valence-corrected chi connectivity index (χ3v) is 2.31. The molecule has 0 amide bonds. The van der Waals surface area contributed by atoms with Crippen LogP contribution in [0.3, 0.4) is 0 Å². The van der Waals surface area contributed by atoms with Crippen LogP contribution in [0.5, 0.6) is 5.75 Å². The van der Waals surface area contributed by atoms with Gasteiger partial charge in [0.25, 0.3) is 0 Å². The van der Waals surface area contributed by atoms with Gasteiger partial charge in [0.05, 0.1) is 13.3 Å². The highest BCUT2D eigenvalue weighted by Crippen LogP contribution is 2.28. The molecule has 1 N–H and O–H groups in total. The largest absolute Gasteiger partial charge is 0.494 e. The van der Waals surface area contributed by atoms with Gasteiger partial charge < -0.3 is 10.1 Å². The lowest BCUT2D eigenvalue weighted by molar-refractivity contribution is 0.417. The Morgan fingerprint density at radius 1 is 1.43 bits per heavy atom. The zero-order valence-corrected chi connectivity index (χ0v) is 8.53. The number of ether oxygens (including phenoxy) is 1. The van der Waals surface area contributed by atoms with Gasteiger partial charge >= 0.3 is 0 Å². The lowest BCUT2D eigenvalue weighted by Gasteiger charge is -2.06. The molecule has 0 spiro atoms. The van der Waals surface area contributed by atoms with Crippen LogP contribution in [-0.2, 0) is 7.05 Å². The lowest BCUT2D eigenvalue weighted by Crippen LogP contribution is -1.95. The van der Waals surface area contributed by atoms with E-state index in [1.807, 2.05) is 37.1 Å². The molecule has 0 atom stereocenters. The second kappa shape index (κ2) is 3.21. The molecule has 0 unspecified atom stereocenters. The van der Waals surface area contributed by atoms with Gasteiger partial charge in [-0.05, 0) is 6.07 Å². The summed E-state index contributed by atoms with van der Waals surface area (Å²) < 4.78 is 7.12. The molecule has 0 aliphatic heterocycles. The Morgan fingerprint density at radius 3 is 2.86 bits per heavy atom. The fraction of sp³-hybridized carbons (Fsp3) is 0.300. The maximum atomic E-state index is 5.31. The number of benzene rings is 1. The van der Waals surface area contributed by atoms with Crippen molar-refractivity contribution >= 4 is 16.6 Å². The van der Waals surface area contributed by atoms with Crippen molar-refractivity contribution in [2.24, 2.45) is 7.05 Å². The van der Waals surface area contributed by atoms with Crippen molar-refractivity contribution in [1.29, 1.82) is 0 Å². The van der Waals surface area contributed by atoms with E-state index in [4.69, 9.17) is 4.74 Å². The predicted molar refractivity (Wildman–Crippen MR) is 56.8 cm³/mol. The molecule has 0 radical (unpaired) electrons. The first-order valence-corrected chi connectivity index (χ1v) is 4.43. The third-order valence-electron chi connectivity index (χ3n) is 2.31. The summed E-state index contributed by atoms with van der Waals surface area (Å²) >= 11 is 0. The Kier molecular flexibility index (Phi) is 2.04. The van der Waals surface area contributed by atoms with Crippen LogP contribution < -0.4 is 10.1 Å². The molecule has 2 rings (SSSR count). The summed E-state index contributed by atoms with van der Waals surface area (Å²) in [5.41, 5.74) is 2.05. The van der Waals surface area contributed by atoms with Crippen LogP contribution >= 0.6 is 0 Å². The van der Waals surface area contributed by atoms with Crippen LogP contribution in [0, 0.1) is 0 Å². The number of aromatic nitrogens is 2. The first-order valence-electron chi connectivity index (χ1n) is 4.43. The van der Waals surface area contributed by atoms with Gasteiger partial charge in [0.2, 0.25) is 0 Å². The number of hydrogen-bond acceptors (Lipinski definition) is 3. The van der Waals surface area contributed by atoms with Gasteiger partial charge in [-0.25, -0.2) is 0 Å². The van der Waals surface area contributed by atoms with Crippen molar-refractivity contribution in [1.82, 2.24) is 9.78 Å². The van der Waals surface area contributed by atoms with Crippen LogP contribution in [0.15, 0.2) is 18.3 Å². The van der Waals surface area contributed by atoms with E-state index in [0.29, 0.717) is 0 Å². The molecule has 1 heterocycles. The number of anilines is 1. The standard InChI is InChI=1S/C10H13N3O/c1-11-8-4-7-6-12-13(2)10(7)9(5-8)14-3/h4-6,11H,1-3H3. The van der Waals surface area contributed by atoms with E-state index in [2.05, 4.69) is 10.4 Å². The van der Waals surface area contributed by atoms with Crippen LogP contribution in [0.2, 0.25) is 0 Å². The molecule has 2 aromatic rings. The van der Waals surface area contributed by atoms with E-state index >= 15 is 0 Å². The second-order valence-corrected chi connectivity index (χ2v) is 3.13. The number of nitrogens with zero attached hydrogens (tertiary/aromatic N) is 2. The molecule has 1 aromatic heterocycles. The fourth-order valence-electron chi connectivity index (χ4n) is 1.58. The fourth-order valence-corrected chi connectivity index (χ4v) is 1.58. The summed E-state index contributed by atoms with van der Waals surface area (Å²) in [6, 6.07) is 4.01. The van der Waals surface area contributed by atoms with Crippen molar-refractivity contribution in [2.75, 3.05) is 19.5 Å². The summed E-state index contributed by atoms with van der Waals surface area (Å²) in [6.07, 6.45) is 1.83. The maximum absolute atomic E-state index is 5.31. The zero-order chi connectivity index (χ0) is 10.1. The Labute approximate surface area is 82.5 Å². The van der Waals surface area contributed by atoms with Gasteiger partial charge in [-0.2, -0.15) is 5.10 Å². The van der Waals surface area contributed by atoms with Crippen molar-refractivity contribution in [3.05, 3.63) is 18.3 Å². The van der Waals surface area contributed by atoms with E-state index in [1.165, 1.54) is 0 Å². The number of hydrogen-bond donors (Lipinski definition) is 1. The topological polar surface area (TPSA) is 39.1 Å². The predicted octanol–water partition coefficient (Wildman–Crippen LogP) is 1.62. The maximum Gasteiger partial charge on any atom is 0.146 e. The number of nitrogens with one attached hydrogen (secondary N) is 1. The van der Waals surface area contributed by atoms with Crippen LogP contribution in [0.4, 0.5) is 5.69 Å². The van der Waals surface area contributed by atoms with Crippen molar-refractivity contribution in [3.63, 3.8) is 0 Å². The van der Waals surface area contributed by atoms with Crippen molar-refractivity contribution in [3.8, 4) is 5.75 Å². The smallest absolute Gasteiger partial charge is 0.146 e. The summed E-state index contributed by atoms with van der Waals surface area (Å²) in [5.74, 6) is 0.840. The number of methoxy groups -OCH3 is 1. The average molecular weight is 191 g/mol. The first-order chi connectivity index (χ1) is 6.76. The summed E-state index contributed by atoms with van der Waals surface area (Å²) in [5, 5.41) is 8.35. The first kappa shape index (κ1) is 8.87. The minimum absolute atomic E-state index is 0.840. The van der Waals surface area contributed by atoms with Crippen LogP contribution in [0.1, 0.15) is 0 Å². The highest BCUT2D eigenvalue weighted by atomic mass is 16.5. The normalized spacial score (nSPS) is 10.5. The molecule has 0 saturated carbocycles. The van der Waals surface area contributed by atoms with E-state index in [0.717, 1.165) is 22.3 Å². The van der Waals surface area contributed by atoms with E-state index in [1.54, 1.807) is 7.11 Å². The Hall–Kier alpha value is -1.71. The monoisotopic (exact) mass is 191 g/mol. The van der Waals surface area contributed by atoms with Gasteiger partial charge in [0.1, 0.15) is 11.3 Å². The molecule has 4 nitrogen and oxygen atoms in total. The Balaban J connectivity index is 2.76. The minimum atomic E-state index is 0.840. The molecule has 0 aliphatic carbocycles. The molecule has 0 fully saturated rings. The average Bonchev–Trinajstić information content (AvgIpc) is 2.59. The highest BCUT2D eigenvalue weighted by molar-refractivity contribution is 5.88. The Morgan fingerprint density at radius 2 is 2.21 bits per heavy atom. The molecule has 0 aliphatic rings. The Bertz CT molecular complexity index is 462. The van der Waals surface area contributed by atoms with Gasteiger partial charge in [-0.1, -0.05) is 0 Å². The molecule has 1 aromatic carbocycles. The van der Waals surface area contributed by atoms with E-state index < -0.39 is 0 Å². The molecular formula is C10H13N3O.